The van der Waals surface area contributed by atoms with Gasteiger partial charge in [0.1, 0.15) is 5.78 Å². The lowest BCUT2D eigenvalue weighted by Crippen LogP contribution is -2.58. The van der Waals surface area contributed by atoms with Crippen LogP contribution in [0.4, 0.5) is 4.79 Å². The summed E-state index contributed by atoms with van der Waals surface area (Å²) in [6.07, 6.45) is 4.48. The highest BCUT2D eigenvalue weighted by Crippen LogP contribution is 2.34. The lowest BCUT2D eigenvalue weighted by Gasteiger charge is -2.47. The topological polar surface area (TPSA) is 52.7 Å². The molecule has 0 aromatic carbocycles. The van der Waals surface area contributed by atoms with Gasteiger partial charge in [0.05, 0.1) is 0 Å². The van der Waals surface area contributed by atoms with Crippen LogP contribution in [-0.4, -0.2) is 60.9 Å². The minimum Gasteiger partial charge on any atom is -0.334 e. The quantitative estimate of drug-likeness (QED) is 0.852. The molecule has 2 rings (SSSR count). The Hall–Kier alpha value is -1.10. The van der Waals surface area contributed by atoms with E-state index in [4.69, 9.17) is 0 Å². The van der Waals surface area contributed by atoms with Crippen molar-refractivity contribution >= 4 is 11.8 Å². The Morgan fingerprint density at radius 2 is 2.20 bits per heavy atom. The number of amides is 2. The fourth-order valence-electron chi connectivity index (χ4n) is 3.61. The minimum atomic E-state index is -0.0352. The molecule has 0 aromatic rings. The number of Topliss-reactive ketones (excluding diaryl/α,β-unsaturated/α-hetero) is 1. The first kappa shape index (κ1) is 15.3. The van der Waals surface area contributed by atoms with E-state index >= 15 is 0 Å². The van der Waals surface area contributed by atoms with E-state index in [0.717, 1.165) is 38.8 Å². The molecule has 0 spiro atoms. The number of piperidine rings is 1. The predicted octanol–water partition coefficient (Wildman–Crippen LogP) is 1.48. The molecule has 1 unspecified atom stereocenters. The predicted molar refractivity (Wildman–Crippen MR) is 78.6 cm³/mol. The van der Waals surface area contributed by atoms with Gasteiger partial charge in [0, 0.05) is 45.6 Å². The molecular weight excluding hydrogens is 254 g/mol. The molecule has 2 aliphatic rings. The maximum absolute atomic E-state index is 11.8. The SMILES string of the molecule is CCCN1C[C@@H](NC(=O)N(C)C)CC2CC(=O)CC[C@H]21. The normalized spacial score (nSPS) is 30.8. The second-order valence-electron chi connectivity index (χ2n) is 6.38. The molecule has 1 saturated carbocycles. The average Bonchev–Trinajstić information content (AvgIpc) is 2.38. The van der Waals surface area contributed by atoms with E-state index in [2.05, 4.69) is 17.1 Å². The summed E-state index contributed by atoms with van der Waals surface area (Å²) in [5, 5.41) is 3.09. The number of likely N-dealkylation sites (tertiary alicyclic amines) is 1. The van der Waals surface area contributed by atoms with Crippen molar-refractivity contribution in [3.8, 4) is 0 Å². The number of fused-ring (bicyclic) bond motifs is 1. The Balaban J connectivity index is 2.02. The van der Waals surface area contributed by atoms with Crippen LogP contribution in [-0.2, 0) is 4.79 Å². The fourth-order valence-corrected chi connectivity index (χ4v) is 3.61. The highest BCUT2D eigenvalue weighted by Gasteiger charge is 2.39. The van der Waals surface area contributed by atoms with Crippen LogP contribution in [0.1, 0.15) is 39.0 Å². The molecule has 0 aromatic heterocycles. The summed E-state index contributed by atoms with van der Waals surface area (Å²) in [5.74, 6) is 0.811. The van der Waals surface area contributed by atoms with Crippen molar-refractivity contribution in [3.63, 3.8) is 0 Å². The van der Waals surface area contributed by atoms with Crippen LogP contribution in [0.25, 0.3) is 0 Å². The minimum absolute atomic E-state index is 0.0352. The van der Waals surface area contributed by atoms with E-state index in [0.29, 0.717) is 24.2 Å². The van der Waals surface area contributed by atoms with Crippen LogP contribution in [0.15, 0.2) is 0 Å². The van der Waals surface area contributed by atoms with Crippen molar-refractivity contribution in [2.75, 3.05) is 27.2 Å². The summed E-state index contributed by atoms with van der Waals surface area (Å²) in [5.41, 5.74) is 0. The first-order valence-electron chi connectivity index (χ1n) is 7.74. The highest BCUT2D eigenvalue weighted by molar-refractivity contribution is 5.79. The molecule has 20 heavy (non-hydrogen) atoms. The Bertz CT molecular complexity index is 370. The Morgan fingerprint density at radius 3 is 2.85 bits per heavy atom. The van der Waals surface area contributed by atoms with Crippen molar-refractivity contribution < 1.29 is 9.59 Å². The van der Waals surface area contributed by atoms with Crippen LogP contribution in [0, 0.1) is 5.92 Å². The summed E-state index contributed by atoms with van der Waals surface area (Å²) < 4.78 is 0. The van der Waals surface area contributed by atoms with Gasteiger partial charge in [-0.3, -0.25) is 9.69 Å². The largest absolute Gasteiger partial charge is 0.334 e. The maximum atomic E-state index is 11.8. The number of nitrogens with one attached hydrogen (secondary N) is 1. The highest BCUT2D eigenvalue weighted by atomic mass is 16.2. The maximum Gasteiger partial charge on any atom is 0.317 e. The molecule has 1 saturated heterocycles. The summed E-state index contributed by atoms with van der Waals surface area (Å²) in [6, 6.07) is 0.677. The fraction of sp³-hybridized carbons (Fsp3) is 0.867. The third kappa shape index (κ3) is 3.51. The summed E-state index contributed by atoms with van der Waals surface area (Å²) >= 11 is 0. The second-order valence-corrected chi connectivity index (χ2v) is 6.38. The first-order valence-corrected chi connectivity index (χ1v) is 7.74. The number of hydrogen-bond acceptors (Lipinski definition) is 3. The molecule has 1 aliphatic heterocycles. The number of rotatable bonds is 3. The Kier molecular flexibility index (Phi) is 5.02. The molecule has 2 amide bonds. The summed E-state index contributed by atoms with van der Waals surface area (Å²) in [6.45, 7) is 4.16. The monoisotopic (exact) mass is 281 g/mol. The Morgan fingerprint density at radius 1 is 1.45 bits per heavy atom. The first-order chi connectivity index (χ1) is 9.51. The molecule has 2 fully saturated rings. The van der Waals surface area contributed by atoms with Gasteiger partial charge in [-0.2, -0.15) is 0 Å². The van der Waals surface area contributed by atoms with Crippen LogP contribution in [0.2, 0.25) is 0 Å². The lowest BCUT2D eigenvalue weighted by molar-refractivity contribution is -0.124. The van der Waals surface area contributed by atoms with Gasteiger partial charge >= 0.3 is 6.03 Å². The lowest BCUT2D eigenvalue weighted by atomic mass is 9.76. The third-order valence-corrected chi connectivity index (χ3v) is 4.51. The molecule has 0 radical (unpaired) electrons. The van der Waals surface area contributed by atoms with E-state index in [1.807, 2.05) is 0 Å². The van der Waals surface area contributed by atoms with Crippen molar-refractivity contribution in [3.05, 3.63) is 0 Å². The second kappa shape index (κ2) is 6.57. The van der Waals surface area contributed by atoms with Crippen molar-refractivity contribution in [1.29, 1.82) is 0 Å². The van der Waals surface area contributed by atoms with Crippen molar-refractivity contribution in [1.82, 2.24) is 15.1 Å². The zero-order chi connectivity index (χ0) is 14.7. The van der Waals surface area contributed by atoms with Crippen LogP contribution >= 0.6 is 0 Å². The number of ketones is 1. The van der Waals surface area contributed by atoms with Crippen LogP contribution in [0.5, 0.6) is 0 Å². The molecule has 1 aliphatic carbocycles. The van der Waals surface area contributed by atoms with Crippen molar-refractivity contribution in [2.45, 2.75) is 51.1 Å². The summed E-state index contributed by atoms with van der Waals surface area (Å²) in [4.78, 5) is 27.6. The van der Waals surface area contributed by atoms with Crippen molar-refractivity contribution in [2.24, 2.45) is 5.92 Å². The molecule has 5 heteroatoms. The summed E-state index contributed by atoms with van der Waals surface area (Å²) in [7, 11) is 3.52. The standard InChI is InChI=1S/C15H27N3O2/c1-4-7-18-10-12(16-15(20)17(2)3)8-11-9-13(19)5-6-14(11)18/h11-12,14H,4-10H2,1-3H3,(H,16,20)/t11?,12-,14+/m0/s1. The van der Waals surface area contributed by atoms with Gasteiger partial charge in [-0.1, -0.05) is 6.92 Å². The van der Waals surface area contributed by atoms with Gasteiger partial charge in [0.15, 0.2) is 0 Å². The van der Waals surface area contributed by atoms with E-state index in [9.17, 15) is 9.59 Å². The smallest absolute Gasteiger partial charge is 0.317 e. The third-order valence-electron chi connectivity index (χ3n) is 4.51. The van der Waals surface area contributed by atoms with Gasteiger partial charge < -0.3 is 10.2 Å². The van der Waals surface area contributed by atoms with Gasteiger partial charge in [-0.25, -0.2) is 4.79 Å². The number of hydrogen-bond donors (Lipinski definition) is 1. The van der Waals surface area contributed by atoms with Crippen LogP contribution in [0.3, 0.4) is 0 Å². The number of nitrogens with zero attached hydrogens (tertiary/aromatic N) is 2. The van der Waals surface area contributed by atoms with Crippen LogP contribution < -0.4 is 5.32 Å². The zero-order valence-corrected chi connectivity index (χ0v) is 12.9. The number of carbonyl (C=O) groups excluding carboxylic acids is 2. The van der Waals surface area contributed by atoms with E-state index in [-0.39, 0.29) is 12.1 Å². The molecule has 3 atom stereocenters. The molecule has 1 heterocycles. The van der Waals surface area contributed by atoms with Gasteiger partial charge in [0.2, 0.25) is 0 Å². The van der Waals surface area contributed by atoms with Gasteiger partial charge in [0.25, 0.3) is 0 Å². The van der Waals surface area contributed by atoms with E-state index < -0.39 is 0 Å². The van der Waals surface area contributed by atoms with Gasteiger partial charge in [-0.05, 0) is 31.7 Å². The average molecular weight is 281 g/mol. The number of carbonyl (C=O) groups is 2. The van der Waals surface area contributed by atoms with Gasteiger partial charge in [-0.15, -0.1) is 0 Å². The number of urea groups is 1. The molecule has 114 valence electrons. The Labute approximate surface area is 121 Å². The molecule has 1 N–H and O–H groups in total. The molecule has 5 nitrogen and oxygen atoms in total. The molecular formula is C15H27N3O2. The molecule has 0 bridgehead atoms. The zero-order valence-electron chi connectivity index (χ0n) is 12.9. The van der Waals surface area contributed by atoms with E-state index in [1.165, 1.54) is 0 Å². The van der Waals surface area contributed by atoms with E-state index in [1.54, 1.807) is 19.0 Å².